The van der Waals surface area contributed by atoms with E-state index in [1.165, 1.54) is 5.56 Å². The molecule has 0 aliphatic carbocycles. The fourth-order valence-corrected chi connectivity index (χ4v) is 1.54. The van der Waals surface area contributed by atoms with Gasteiger partial charge in [-0.1, -0.05) is 29.8 Å². The lowest BCUT2D eigenvalue weighted by atomic mass is 10.1. The summed E-state index contributed by atoms with van der Waals surface area (Å²) in [7, 11) is 0. The van der Waals surface area contributed by atoms with E-state index < -0.39 is 0 Å². The highest BCUT2D eigenvalue weighted by Crippen LogP contribution is 2.21. The van der Waals surface area contributed by atoms with E-state index in [9.17, 15) is 0 Å². The second kappa shape index (κ2) is 4.64. The van der Waals surface area contributed by atoms with Crippen LogP contribution in [0.3, 0.4) is 0 Å². The average molecular weight is 224 g/mol. The molecule has 0 bridgehead atoms. The molecule has 0 radical (unpaired) electrons. The summed E-state index contributed by atoms with van der Waals surface area (Å²) in [5, 5.41) is 8.86. The zero-order valence-corrected chi connectivity index (χ0v) is 9.44. The summed E-state index contributed by atoms with van der Waals surface area (Å²) < 4.78 is 0. The van der Waals surface area contributed by atoms with Gasteiger partial charge in [-0.05, 0) is 19.1 Å². The second-order valence-corrected chi connectivity index (χ2v) is 3.71. The summed E-state index contributed by atoms with van der Waals surface area (Å²) in [5.74, 6) is 5.73. The van der Waals surface area contributed by atoms with E-state index >= 15 is 0 Å². The van der Waals surface area contributed by atoms with Crippen molar-refractivity contribution in [3.8, 4) is 17.3 Å². The van der Waals surface area contributed by atoms with E-state index in [0.29, 0.717) is 11.4 Å². The molecule has 4 nitrogen and oxygen atoms in total. The maximum atomic E-state index is 8.86. The highest BCUT2D eigenvalue weighted by molar-refractivity contribution is 5.64. The normalized spacial score (nSPS) is 9.71. The number of nitrogens with two attached hydrogens (primary N) is 1. The van der Waals surface area contributed by atoms with Crippen LogP contribution >= 0.6 is 0 Å². The SMILES string of the molecule is Cc1ccc(-c2ccc(C#N)c(NN)n2)cc1. The van der Waals surface area contributed by atoms with Crippen molar-refractivity contribution in [1.29, 1.82) is 5.26 Å². The van der Waals surface area contributed by atoms with Crippen molar-refractivity contribution in [2.45, 2.75) is 6.92 Å². The smallest absolute Gasteiger partial charge is 0.158 e. The molecule has 3 N–H and O–H groups in total. The van der Waals surface area contributed by atoms with Gasteiger partial charge in [-0.15, -0.1) is 0 Å². The maximum Gasteiger partial charge on any atom is 0.158 e. The van der Waals surface area contributed by atoms with Crippen LogP contribution in [0.2, 0.25) is 0 Å². The molecule has 0 unspecified atom stereocenters. The van der Waals surface area contributed by atoms with Crippen LogP contribution in [0, 0.1) is 18.3 Å². The Kier molecular flexibility index (Phi) is 3.03. The number of nitrogen functional groups attached to an aromatic ring is 1. The first-order valence-corrected chi connectivity index (χ1v) is 5.19. The lowest BCUT2D eigenvalue weighted by Crippen LogP contribution is -2.10. The van der Waals surface area contributed by atoms with Crippen LogP contribution in [0.5, 0.6) is 0 Å². The van der Waals surface area contributed by atoms with E-state index in [1.807, 2.05) is 43.3 Å². The number of hydrazine groups is 1. The van der Waals surface area contributed by atoms with E-state index in [-0.39, 0.29) is 0 Å². The van der Waals surface area contributed by atoms with Crippen LogP contribution in [0.1, 0.15) is 11.1 Å². The van der Waals surface area contributed by atoms with Crippen LogP contribution < -0.4 is 11.3 Å². The van der Waals surface area contributed by atoms with Gasteiger partial charge >= 0.3 is 0 Å². The van der Waals surface area contributed by atoms with Gasteiger partial charge in [0.15, 0.2) is 5.82 Å². The molecule has 0 spiro atoms. The molecule has 0 amide bonds. The first kappa shape index (κ1) is 11.1. The Morgan fingerprint density at radius 3 is 2.47 bits per heavy atom. The minimum Gasteiger partial charge on any atom is -0.307 e. The highest BCUT2D eigenvalue weighted by Gasteiger charge is 2.05. The summed E-state index contributed by atoms with van der Waals surface area (Å²) in [6, 6.07) is 13.6. The molecule has 2 aromatic rings. The molecule has 0 fully saturated rings. The van der Waals surface area contributed by atoms with Gasteiger partial charge in [0.05, 0.1) is 11.3 Å². The zero-order valence-electron chi connectivity index (χ0n) is 9.44. The van der Waals surface area contributed by atoms with Crippen molar-refractivity contribution >= 4 is 5.82 Å². The van der Waals surface area contributed by atoms with Gasteiger partial charge in [-0.3, -0.25) is 0 Å². The first-order chi connectivity index (χ1) is 8.24. The Balaban J connectivity index is 2.47. The zero-order chi connectivity index (χ0) is 12.3. The van der Waals surface area contributed by atoms with Crippen molar-refractivity contribution in [3.05, 3.63) is 47.5 Å². The minimum absolute atomic E-state index is 0.394. The minimum atomic E-state index is 0.394. The number of aryl methyl sites for hydroxylation is 1. The van der Waals surface area contributed by atoms with Gasteiger partial charge in [0.25, 0.3) is 0 Å². The number of nitrogens with one attached hydrogen (secondary N) is 1. The summed E-state index contributed by atoms with van der Waals surface area (Å²) in [6.45, 7) is 2.03. The monoisotopic (exact) mass is 224 g/mol. The van der Waals surface area contributed by atoms with Crippen molar-refractivity contribution in [1.82, 2.24) is 4.98 Å². The van der Waals surface area contributed by atoms with E-state index in [1.54, 1.807) is 6.07 Å². The lowest BCUT2D eigenvalue weighted by Gasteiger charge is -2.06. The van der Waals surface area contributed by atoms with Gasteiger partial charge in [-0.25, -0.2) is 10.8 Å². The molecule has 0 saturated heterocycles. The molecule has 0 aliphatic heterocycles. The Hall–Kier alpha value is -2.38. The highest BCUT2D eigenvalue weighted by atomic mass is 15.2. The van der Waals surface area contributed by atoms with Crippen LogP contribution in [0.15, 0.2) is 36.4 Å². The number of hydrogen-bond donors (Lipinski definition) is 2. The van der Waals surface area contributed by atoms with E-state index in [0.717, 1.165) is 11.3 Å². The molecular formula is C13H12N4. The van der Waals surface area contributed by atoms with Crippen molar-refractivity contribution in [2.24, 2.45) is 5.84 Å². The lowest BCUT2D eigenvalue weighted by molar-refractivity contribution is 1.21. The number of pyridine rings is 1. The van der Waals surface area contributed by atoms with Crippen molar-refractivity contribution in [2.75, 3.05) is 5.43 Å². The van der Waals surface area contributed by atoms with Crippen LogP contribution in [-0.2, 0) is 0 Å². The van der Waals surface area contributed by atoms with Gasteiger partial charge in [0.1, 0.15) is 6.07 Å². The molecule has 2 rings (SSSR count). The predicted octanol–water partition coefficient (Wildman–Crippen LogP) is 2.21. The summed E-state index contributed by atoms with van der Waals surface area (Å²) in [5.41, 5.74) is 5.85. The molecule has 4 heteroatoms. The van der Waals surface area contributed by atoms with Crippen molar-refractivity contribution in [3.63, 3.8) is 0 Å². The fourth-order valence-electron chi connectivity index (χ4n) is 1.54. The number of anilines is 1. The van der Waals surface area contributed by atoms with E-state index in [2.05, 4.69) is 10.4 Å². The van der Waals surface area contributed by atoms with Gasteiger partial charge in [0.2, 0.25) is 0 Å². The molecule has 0 atom stereocenters. The molecule has 0 aliphatic rings. The Morgan fingerprint density at radius 1 is 1.18 bits per heavy atom. The van der Waals surface area contributed by atoms with Crippen LogP contribution in [0.4, 0.5) is 5.82 Å². The third-order valence-corrected chi connectivity index (χ3v) is 2.50. The maximum absolute atomic E-state index is 8.86. The molecule has 0 saturated carbocycles. The average Bonchev–Trinajstić information content (AvgIpc) is 2.39. The molecule has 1 aromatic carbocycles. The third-order valence-electron chi connectivity index (χ3n) is 2.50. The molecule has 17 heavy (non-hydrogen) atoms. The number of rotatable bonds is 2. The number of hydrogen-bond acceptors (Lipinski definition) is 4. The third kappa shape index (κ3) is 2.25. The Morgan fingerprint density at radius 2 is 1.88 bits per heavy atom. The van der Waals surface area contributed by atoms with Gasteiger partial charge < -0.3 is 5.43 Å². The van der Waals surface area contributed by atoms with Gasteiger partial charge in [-0.2, -0.15) is 5.26 Å². The number of nitrogens with zero attached hydrogens (tertiary/aromatic N) is 2. The summed E-state index contributed by atoms with van der Waals surface area (Å²) >= 11 is 0. The second-order valence-electron chi connectivity index (χ2n) is 3.71. The van der Waals surface area contributed by atoms with Crippen molar-refractivity contribution < 1.29 is 0 Å². The number of nitriles is 1. The first-order valence-electron chi connectivity index (χ1n) is 5.19. The Labute approximate surface area is 99.7 Å². The molecular weight excluding hydrogens is 212 g/mol. The largest absolute Gasteiger partial charge is 0.307 e. The summed E-state index contributed by atoms with van der Waals surface area (Å²) in [4.78, 5) is 4.30. The topological polar surface area (TPSA) is 74.7 Å². The summed E-state index contributed by atoms with van der Waals surface area (Å²) in [6.07, 6.45) is 0. The fraction of sp³-hybridized carbons (Fsp3) is 0.0769. The predicted molar refractivity (Wildman–Crippen MR) is 66.9 cm³/mol. The number of aromatic nitrogens is 1. The standard InChI is InChI=1S/C13H12N4/c1-9-2-4-10(5-3-9)12-7-6-11(8-14)13(16-12)17-15/h2-7H,15H2,1H3,(H,16,17). The molecule has 1 heterocycles. The van der Waals surface area contributed by atoms with E-state index in [4.69, 9.17) is 11.1 Å². The Bertz CT molecular complexity index is 567. The molecule has 84 valence electrons. The number of benzene rings is 1. The van der Waals surface area contributed by atoms with Crippen LogP contribution in [0.25, 0.3) is 11.3 Å². The molecule has 1 aromatic heterocycles. The van der Waals surface area contributed by atoms with Gasteiger partial charge in [0, 0.05) is 5.56 Å². The quantitative estimate of drug-likeness (QED) is 0.605. The van der Waals surface area contributed by atoms with Crippen LogP contribution in [-0.4, -0.2) is 4.98 Å².